The summed E-state index contributed by atoms with van der Waals surface area (Å²) < 4.78 is 19.2. The maximum atomic E-state index is 12.3. The molecule has 3 aromatic rings. The van der Waals surface area contributed by atoms with Gasteiger partial charge >= 0.3 is 6.09 Å². The molecular weight excluding hydrogens is 548 g/mol. The number of H-pyrrole nitrogens is 1. The number of allylic oxidation sites excluding steroid dienone is 1. The molecule has 2 aliphatic rings. The number of hydrogen-bond donors (Lipinski definition) is 2. The minimum atomic E-state index is -0.494. The second-order valence-corrected chi connectivity index (χ2v) is 11.4. The van der Waals surface area contributed by atoms with Crippen LogP contribution in [-0.2, 0) is 11.3 Å². The van der Waals surface area contributed by atoms with E-state index in [-0.39, 0.29) is 18.4 Å². The number of benzene rings is 1. The van der Waals surface area contributed by atoms with Crippen molar-refractivity contribution in [2.75, 3.05) is 19.9 Å². The molecule has 0 bridgehead atoms. The molecule has 0 unspecified atom stereocenters. The third-order valence-electron chi connectivity index (χ3n) is 5.77. The van der Waals surface area contributed by atoms with E-state index in [1.807, 2.05) is 37.5 Å². The Bertz CT molecular complexity index is 1400. The summed E-state index contributed by atoms with van der Waals surface area (Å²) in [7, 11) is 0. The van der Waals surface area contributed by atoms with Crippen LogP contribution in [0.25, 0.3) is 11.2 Å². The maximum absolute atomic E-state index is 12.3. The van der Waals surface area contributed by atoms with Gasteiger partial charge in [-0.15, -0.1) is 0 Å². The molecule has 10 nitrogen and oxygen atoms in total. The van der Waals surface area contributed by atoms with Crippen LogP contribution in [0.5, 0.6) is 11.5 Å². The number of halogens is 1. The van der Waals surface area contributed by atoms with E-state index in [0.717, 1.165) is 22.2 Å². The molecule has 0 atom stereocenters. The largest absolute Gasteiger partial charge is 0.454 e. The van der Waals surface area contributed by atoms with Gasteiger partial charge < -0.3 is 28.7 Å². The first-order valence-corrected chi connectivity index (χ1v) is 13.2. The number of fused-ring (bicyclic) bond motifs is 2. The van der Waals surface area contributed by atoms with Gasteiger partial charge in [-0.3, -0.25) is 5.41 Å². The number of aromatic nitrogens is 4. The fraction of sp³-hybridized carbons (Fsp3) is 0.417. The Kier molecular flexibility index (Phi) is 6.73. The average Bonchev–Trinajstić information content (AvgIpc) is 3.45. The van der Waals surface area contributed by atoms with Gasteiger partial charge in [-0.05, 0) is 61.7 Å². The molecule has 1 amide bonds. The van der Waals surface area contributed by atoms with E-state index in [0.29, 0.717) is 47.5 Å². The molecule has 12 heteroatoms. The summed E-state index contributed by atoms with van der Waals surface area (Å²) in [6.07, 6.45) is 5.14. The summed E-state index contributed by atoms with van der Waals surface area (Å²) in [5, 5.41) is 8.88. The third-order valence-corrected chi connectivity index (χ3v) is 7.63. The molecule has 5 rings (SSSR count). The quantitative estimate of drug-likeness (QED) is 0.428. The zero-order chi connectivity index (χ0) is 25.4. The number of carbonyl (C=O) groups excluding carboxylic acids is 1. The number of nitrogens with zero attached hydrogens (tertiary/aromatic N) is 4. The molecule has 1 fully saturated rings. The van der Waals surface area contributed by atoms with Gasteiger partial charge in [0.2, 0.25) is 6.79 Å². The number of amides is 1. The van der Waals surface area contributed by atoms with Crippen LogP contribution in [0.15, 0.2) is 44.6 Å². The highest BCUT2D eigenvalue weighted by Crippen LogP contribution is 2.42. The molecule has 36 heavy (non-hydrogen) atoms. The van der Waals surface area contributed by atoms with Crippen LogP contribution in [0.1, 0.15) is 33.6 Å². The van der Waals surface area contributed by atoms with Crippen molar-refractivity contribution in [1.82, 2.24) is 24.4 Å². The number of rotatable bonds is 4. The summed E-state index contributed by atoms with van der Waals surface area (Å²) in [6.45, 7) is 7.69. The van der Waals surface area contributed by atoms with Crippen molar-refractivity contribution in [3.05, 3.63) is 40.1 Å². The van der Waals surface area contributed by atoms with E-state index in [2.05, 4.69) is 32.0 Å². The molecule has 0 aliphatic carbocycles. The molecule has 2 N–H and O–H groups in total. The normalized spacial score (nSPS) is 15.4. The first-order valence-electron chi connectivity index (χ1n) is 11.6. The van der Waals surface area contributed by atoms with Crippen molar-refractivity contribution in [3.63, 3.8) is 0 Å². The van der Waals surface area contributed by atoms with Crippen molar-refractivity contribution >= 4 is 44.9 Å². The fourth-order valence-electron chi connectivity index (χ4n) is 3.96. The van der Waals surface area contributed by atoms with Crippen LogP contribution in [0.2, 0.25) is 0 Å². The van der Waals surface area contributed by atoms with Gasteiger partial charge in [0.25, 0.3) is 0 Å². The molecule has 1 aromatic carbocycles. The lowest BCUT2D eigenvalue weighted by Gasteiger charge is -2.31. The van der Waals surface area contributed by atoms with E-state index >= 15 is 0 Å². The summed E-state index contributed by atoms with van der Waals surface area (Å²) >= 11 is 5.02. The highest BCUT2D eigenvalue weighted by atomic mass is 79.9. The smallest absolute Gasteiger partial charge is 0.410 e. The van der Waals surface area contributed by atoms with Gasteiger partial charge in [-0.25, -0.2) is 14.8 Å². The Hall–Kier alpha value is -2.99. The standard InChI is InChI=1S/C24H27BrN6O4S/c1-24(2,3)35-23(32)30-7-4-14(5-8-30)6-9-31-12-27-20(26)19-21(31)29-22(28-19)36-18-11-17-16(10-15(18)25)33-13-34-17/h6,10-12,26H,4-5,7-9,13H2,1-3H3,(H,28,29). The number of aromatic amines is 1. The van der Waals surface area contributed by atoms with Gasteiger partial charge in [0.05, 0.1) is 6.33 Å². The zero-order valence-electron chi connectivity index (χ0n) is 20.3. The number of piperidine rings is 1. The van der Waals surface area contributed by atoms with Crippen molar-refractivity contribution in [2.24, 2.45) is 0 Å². The lowest BCUT2D eigenvalue weighted by atomic mass is 10.0. The second-order valence-electron chi connectivity index (χ2n) is 9.55. The summed E-state index contributed by atoms with van der Waals surface area (Å²) in [5.41, 5.74) is 2.17. The number of ether oxygens (including phenoxy) is 3. The predicted molar refractivity (Wildman–Crippen MR) is 137 cm³/mol. The minimum absolute atomic E-state index is 0.142. The van der Waals surface area contributed by atoms with Crippen LogP contribution >= 0.6 is 27.7 Å². The van der Waals surface area contributed by atoms with Crippen molar-refractivity contribution in [3.8, 4) is 11.5 Å². The topological polar surface area (TPSA) is 118 Å². The predicted octanol–water partition coefficient (Wildman–Crippen LogP) is 4.84. The van der Waals surface area contributed by atoms with Gasteiger partial charge in [-0.1, -0.05) is 23.4 Å². The van der Waals surface area contributed by atoms with E-state index in [1.165, 1.54) is 17.3 Å². The van der Waals surface area contributed by atoms with Gasteiger partial charge in [0.1, 0.15) is 11.1 Å². The summed E-state index contributed by atoms with van der Waals surface area (Å²) in [4.78, 5) is 27.2. The van der Waals surface area contributed by atoms with Gasteiger partial charge in [-0.2, -0.15) is 0 Å². The fourth-order valence-corrected chi connectivity index (χ4v) is 5.34. The average molecular weight is 575 g/mol. The van der Waals surface area contributed by atoms with Crippen LogP contribution in [0.4, 0.5) is 4.79 Å². The summed E-state index contributed by atoms with van der Waals surface area (Å²) in [6, 6.07) is 3.79. The van der Waals surface area contributed by atoms with Gasteiger partial charge in [0, 0.05) is 29.0 Å². The number of hydrogen-bond acceptors (Lipinski definition) is 8. The van der Waals surface area contributed by atoms with Gasteiger partial charge in [0.15, 0.2) is 27.8 Å². The monoisotopic (exact) mass is 574 g/mol. The van der Waals surface area contributed by atoms with Crippen LogP contribution in [-0.4, -0.2) is 56.0 Å². The zero-order valence-corrected chi connectivity index (χ0v) is 22.7. The third kappa shape index (κ3) is 5.39. The first kappa shape index (κ1) is 24.7. The molecule has 4 heterocycles. The molecule has 0 saturated carbocycles. The first-order chi connectivity index (χ1) is 17.2. The van der Waals surface area contributed by atoms with E-state index < -0.39 is 5.60 Å². The molecule has 0 spiro atoms. The van der Waals surface area contributed by atoms with E-state index in [4.69, 9.17) is 24.6 Å². The molecule has 1 saturated heterocycles. The molecule has 2 aliphatic heterocycles. The molecule has 0 radical (unpaired) electrons. The van der Waals surface area contributed by atoms with Crippen LogP contribution in [0, 0.1) is 5.41 Å². The Labute approximate surface area is 220 Å². The summed E-state index contributed by atoms with van der Waals surface area (Å²) in [5.74, 6) is 1.40. The SMILES string of the molecule is CC(C)(C)OC(=O)N1CCC(=CCn2cnc(=N)c3[nH]c(Sc4cc5c(cc4Br)OCO5)nc32)CC1. The number of carbonyl (C=O) groups is 1. The van der Waals surface area contributed by atoms with Crippen molar-refractivity contribution < 1.29 is 19.0 Å². The number of imidazole rings is 1. The highest BCUT2D eigenvalue weighted by molar-refractivity contribution is 9.10. The Morgan fingerprint density at radius 1 is 1.28 bits per heavy atom. The number of likely N-dealkylation sites (tertiary alicyclic amines) is 1. The number of nitrogens with one attached hydrogen (secondary N) is 2. The van der Waals surface area contributed by atoms with Crippen molar-refractivity contribution in [2.45, 2.75) is 55.8 Å². The Balaban J connectivity index is 1.30. The lowest BCUT2D eigenvalue weighted by Crippen LogP contribution is -2.40. The molecular formula is C24H27BrN6O4S. The minimum Gasteiger partial charge on any atom is -0.454 e. The Morgan fingerprint density at radius 3 is 2.72 bits per heavy atom. The highest BCUT2D eigenvalue weighted by Gasteiger charge is 2.24. The van der Waals surface area contributed by atoms with Crippen LogP contribution < -0.4 is 15.0 Å². The van der Waals surface area contributed by atoms with E-state index in [9.17, 15) is 4.79 Å². The maximum Gasteiger partial charge on any atom is 0.410 e. The van der Waals surface area contributed by atoms with Crippen molar-refractivity contribution in [1.29, 1.82) is 5.41 Å². The van der Waals surface area contributed by atoms with E-state index in [1.54, 1.807) is 11.2 Å². The molecule has 2 aromatic heterocycles. The lowest BCUT2D eigenvalue weighted by molar-refractivity contribution is 0.0236. The second kappa shape index (κ2) is 9.81. The molecule has 190 valence electrons. The Morgan fingerprint density at radius 2 is 2.00 bits per heavy atom. The van der Waals surface area contributed by atoms with Crippen LogP contribution in [0.3, 0.4) is 0 Å².